The maximum atomic E-state index is 13.2. The van der Waals surface area contributed by atoms with Crippen LogP contribution in [0.25, 0.3) is 5.57 Å². The van der Waals surface area contributed by atoms with Crippen molar-refractivity contribution in [3.8, 4) is 11.5 Å². The van der Waals surface area contributed by atoms with Gasteiger partial charge in [0, 0.05) is 36.2 Å². The summed E-state index contributed by atoms with van der Waals surface area (Å²) < 4.78 is 12.2. The topological polar surface area (TPSA) is 66.6 Å². The lowest BCUT2D eigenvalue weighted by Gasteiger charge is -2.40. The Kier molecular flexibility index (Phi) is 5.84. The van der Waals surface area contributed by atoms with Crippen LogP contribution < -0.4 is 14.8 Å². The van der Waals surface area contributed by atoms with Gasteiger partial charge in [0.15, 0.2) is 0 Å². The van der Waals surface area contributed by atoms with Gasteiger partial charge in [-0.3, -0.25) is 4.79 Å². The van der Waals surface area contributed by atoms with Gasteiger partial charge < -0.3 is 24.7 Å². The van der Waals surface area contributed by atoms with E-state index in [9.17, 15) is 4.79 Å². The summed E-state index contributed by atoms with van der Waals surface area (Å²) in [6, 6.07) is 10.0. The van der Waals surface area contributed by atoms with Crippen molar-refractivity contribution in [2.45, 2.75) is 58.2 Å². The summed E-state index contributed by atoms with van der Waals surface area (Å²) in [6.45, 7) is 10.0. The van der Waals surface area contributed by atoms with Gasteiger partial charge in [0.2, 0.25) is 0 Å². The highest BCUT2D eigenvalue weighted by molar-refractivity contribution is 5.95. The van der Waals surface area contributed by atoms with Crippen LogP contribution in [0.15, 0.2) is 36.4 Å². The number of carbonyl (C=O) groups is 1. The third-order valence-electron chi connectivity index (χ3n) is 6.20. The third-order valence-corrected chi connectivity index (χ3v) is 6.20. The first kappa shape index (κ1) is 21.5. The molecule has 1 spiro atoms. The Balaban J connectivity index is 1.78. The monoisotopic (exact) mass is 423 g/mol. The Hall–Kier alpha value is -2.73. The first-order valence-corrected chi connectivity index (χ1v) is 11.2. The molecule has 1 aromatic carbocycles. The van der Waals surface area contributed by atoms with E-state index in [0.29, 0.717) is 5.69 Å². The summed E-state index contributed by atoms with van der Waals surface area (Å²) in [5, 5.41) is 3.42. The van der Waals surface area contributed by atoms with Crippen LogP contribution in [0, 0.1) is 0 Å². The second-order valence-electron chi connectivity index (χ2n) is 8.99. The molecular formula is C25H33N3O3. The van der Waals surface area contributed by atoms with Crippen LogP contribution >= 0.6 is 0 Å². The fourth-order valence-corrected chi connectivity index (χ4v) is 4.81. The van der Waals surface area contributed by atoms with Crippen LogP contribution in [0.5, 0.6) is 11.5 Å². The molecule has 1 saturated heterocycles. The highest BCUT2D eigenvalue weighted by atomic mass is 16.5. The molecule has 2 aliphatic rings. The van der Waals surface area contributed by atoms with Gasteiger partial charge in [0.05, 0.1) is 12.7 Å². The number of hydrogen-bond acceptors (Lipinski definition) is 4. The molecule has 0 atom stereocenters. The number of amides is 1. The molecule has 1 fully saturated rings. The maximum Gasteiger partial charge on any atom is 0.270 e. The van der Waals surface area contributed by atoms with E-state index in [1.807, 2.05) is 62.9 Å². The number of aromatic amines is 1. The molecule has 0 saturated carbocycles. The van der Waals surface area contributed by atoms with Gasteiger partial charge in [-0.2, -0.15) is 0 Å². The lowest BCUT2D eigenvalue weighted by molar-refractivity contribution is 0.0638. The van der Waals surface area contributed by atoms with Gasteiger partial charge in [0.1, 0.15) is 22.8 Å². The average molecular weight is 424 g/mol. The second-order valence-corrected chi connectivity index (χ2v) is 8.99. The average Bonchev–Trinajstić information content (AvgIpc) is 3.23. The SMILES string of the molecule is COc1cccc2c1C(c1ccc(C(=O)N(C(C)C)C(C)C)[nH]1)=CC1(CCNCC1)O2. The number of hydrogen-bond donors (Lipinski definition) is 2. The summed E-state index contributed by atoms with van der Waals surface area (Å²) in [4.78, 5) is 18.5. The van der Waals surface area contributed by atoms with Crippen molar-refractivity contribution in [3.63, 3.8) is 0 Å². The minimum Gasteiger partial charge on any atom is -0.496 e. The first-order chi connectivity index (χ1) is 14.8. The summed E-state index contributed by atoms with van der Waals surface area (Å²) in [7, 11) is 1.68. The molecule has 0 bridgehead atoms. The zero-order valence-electron chi connectivity index (χ0n) is 19.1. The van der Waals surface area contributed by atoms with Crippen LogP contribution in [0.2, 0.25) is 0 Å². The number of nitrogens with zero attached hydrogens (tertiary/aromatic N) is 1. The van der Waals surface area contributed by atoms with Gasteiger partial charge in [-0.25, -0.2) is 0 Å². The molecule has 166 valence electrons. The van der Waals surface area contributed by atoms with Gasteiger partial charge in [-0.1, -0.05) is 6.07 Å². The highest BCUT2D eigenvalue weighted by Gasteiger charge is 2.38. The van der Waals surface area contributed by atoms with Crippen molar-refractivity contribution in [1.29, 1.82) is 0 Å². The second kappa shape index (κ2) is 8.42. The summed E-state index contributed by atoms with van der Waals surface area (Å²) in [6.07, 6.45) is 4.02. The van der Waals surface area contributed by atoms with Gasteiger partial charge in [-0.05, 0) is 71.1 Å². The molecule has 2 N–H and O–H groups in total. The number of ether oxygens (including phenoxy) is 2. The van der Waals surface area contributed by atoms with E-state index in [4.69, 9.17) is 9.47 Å². The summed E-state index contributed by atoms with van der Waals surface area (Å²) >= 11 is 0. The normalized spacial score (nSPS) is 17.3. The minimum absolute atomic E-state index is 0.0146. The largest absolute Gasteiger partial charge is 0.496 e. The lowest BCUT2D eigenvalue weighted by Crippen LogP contribution is -2.46. The first-order valence-electron chi connectivity index (χ1n) is 11.2. The minimum atomic E-state index is -0.350. The maximum absolute atomic E-state index is 13.2. The van der Waals surface area contributed by atoms with Crippen molar-refractivity contribution >= 4 is 11.5 Å². The molecule has 1 aromatic heterocycles. The van der Waals surface area contributed by atoms with Crippen LogP contribution in [-0.2, 0) is 0 Å². The lowest BCUT2D eigenvalue weighted by atomic mass is 9.84. The van der Waals surface area contributed by atoms with E-state index < -0.39 is 0 Å². The van der Waals surface area contributed by atoms with E-state index in [1.54, 1.807) is 7.11 Å². The Bertz CT molecular complexity index is 976. The van der Waals surface area contributed by atoms with E-state index in [-0.39, 0.29) is 23.6 Å². The molecule has 3 heterocycles. The summed E-state index contributed by atoms with van der Waals surface area (Å²) in [5.74, 6) is 1.61. The van der Waals surface area contributed by atoms with Crippen molar-refractivity contribution in [2.75, 3.05) is 20.2 Å². The molecule has 6 heteroatoms. The highest BCUT2D eigenvalue weighted by Crippen LogP contribution is 2.46. The fraction of sp³-hybridized carbons (Fsp3) is 0.480. The van der Waals surface area contributed by atoms with Gasteiger partial charge in [0.25, 0.3) is 5.91 Å². The van der Waals surface area contributed by atoms with Crippen LogP contribution in [-0.4, -0.2) is 53.7 Å². The van der Waals surface area contributed by atoms with Crippen molar-refractivity contribution in [1.82, 2.24) is 15.2 Å². The Morgan fingerprint density at radius 3 is 2.45 bits per heavy atom. The molecule has 0 aliphatic carbocycles. The van der Waals surface area contributed by atoms with Gasteiger partial charge >= 0.3 is 0 Å². The van der Waals surface area contributed by atoms with E-state index in [0.717, 1.165) is 54.3 Å². The number of benzene rings is 1. The van der Waals surface area contributed by atoms with Crippen molar-refractivity contribution in [2.24, 2.45) is 0 Å². The van der Waals surface area contributed by atoms with E-state index in [1.165, 1.54) is 0 Å². The van der Waals surface area contributed by atoms with Crippen LogP contribution in [0.3, 0.4) is 0 Å². The number of carbonyl (C=O) groups excluding carboxylic acids is 1. The van der Waals surface area contributed by atoms with Crippen LogP contribution in [0.4, 0.5) is 0 Å². The third kappa shape index (κ3) is 3.97. The molecule has 0 unspecified atom stereocenters. The number of H-pyrrole nitrogens is 1. The number of methoxy groups -OCH3 is 1. The van der Waals surface area contributed by atoms with Crippen molar-refractivity contribution in [3.05, 3.63) is 53.4 Å². The zero-order chi connectivity index (χ0) is 22.2. The van der Waals surface area contributed by atoms with E-state index >= 15 is 0 Å². The number of fused-ring (bicyclic) bond motifs is 1. The van der Waals surface area contributed by atoms with Crippen LogP contribution in [0.1, 0.15) is 62.3 Å². The van der Waals surface area contributed by atoms with E-state index in [2.05, 4.69) is 16.4 Å². The summed E-state index contributed by atoms with van der Waals surface area (Å²) in [5.41, 5.74) is 3.11. The molecular weight excluding hydrogens is 390 g/mol. The quantitative estimate of drug-likeness (QED) is 0.755. The Morgan fingerprint density at radius 2 is 1.81 bits per heavy atom. The standard InChI is InChI=1S/C25H33N3O3/c1-16(2)28(17(3)4)24(29)20-10-9-19(27-20)18-15-25(11-13-26-14-12-25)31-22-8-6-7-21(30-5)23(18)22/h6-10,15-17,26-27H,11-14H2,1-5H3. The molecule has 2 aromatic rings. The molecule has 4 rings (SSSR count). The van der Waals surface area contributed by atoms with Gasteiger partial charge in [-0.15, -0.1) is 0 Å². The number of aromatic nitrogens is 1. The van der Waals surface area contributed by atoms with Crippen molar-refractivity contribution < 1.29 is 14.3 Å². The molecule has 1 amide bonds. The number of piperidine rings is 1. The molecule has 2 aliphatic heterocycles. The molecule has 31 heavy (non-hydrogen) atoms. The number of nitrogens with one attached hydrogen (secondary N) is 2. The Labute approximate surface area is 184 Å². The fourth-order valence-electron chi connectivity index (χ4n) is 4.81. The number of rotatable bonds is 5. The Morgan fingerprint density at radius 1 is 1.10 bits per heavy atom. The smallest absolute Gasteiger partial charge is 0.270 e. The zero-order valence-corrected chi connectivity index (χ0v) is 19.1. The molecule has 6 nitrogen and oxygen atoms in total. The predicted octanol–water partition coefficient (Wildman–Crippen LogP) is 4.23. The molecule has 0 radical (unpaired) electrons. The predicted molar refractivity (Wildman–Crippen MR) is 123 cm³/mol.